The Morgan fingerprint density at radius 2 is 2.03 bits per heavy atom. The van der Waals surface area contributed by atoms with Gasteiger partial charge in [-0.1, -0.05) is 37.7 Å². The number of rotatable bonds is 6. The number of para-hydroxylation sites is 2. The van der Waals surface area contributed by atoms with Crippen LogP contribution in [0, 0.1) is 0 Å². The summed E-state index contributed by atoms with van der Waals surface area (Å²) in [4.78, 5) is 20.9. The van der Waals surface area contributed by atoms with Gasteiger partial charge in [-0.05, 0) is 43.4 Å². The Labute approximate surface area is 193 Å². The number of methoxy groups -OCH3 is 1. The maximum atomic E-state index is 13.9. The van der Waals surface area contributed by atoms with E-state index < -0.39 is 0 Å². The third kappa shape index (κ3) is 3.73. The maximum absolute atomic E-state index is 13.9. The molecule has 0 N–H and O–H groups in total. The van der Waals surface area contributed by atoms with Gasteiger partial charge in [0.05, 0.1) is 23.9 Å². The van der Waals surface area contributed by atoms with E-state index in [-0.39, 0.29) is 11.5 Å². The van der Waals surface area contributed by atoms with Crippen LogP contribution in [0.2, 0.25) is 0 Å². The predicted octanol–water partition coefficient (Wildman–Crippen LogP) is 5.13. The first-order chi connectivity index (χ1) is 15.6. The van der Waals surface area contributed by atoms with E-state index in [1.165, 1.54) is 22.2 Å². The largest absolute Gasteiger partial charge is 0.495 e. The molecule has 32 heavy (non-hydrogen) atoms. The number of hydrogen-bond donors (Lipinski definition) is 0. The molecule has 3 aromatic heterocycles. The van der Waals surface area contributed by atoms with Gasteiger partial charge in [-0.2, -0.15) is 0 Å². The Morgan fingerprint density at radius 1 is 1.22 bits per heavy atom. The lowest BCUT2D eigenvalue weighted by molar-refractivity contribution is 0.411. The first-order valence-electron chi connectivity index (χ1n) is 10.7. The summed E-state index contributed by atoms with van der Waals surface area (Å²) in [5, 5.41) is 9.60. The second-order valence-electron chi connectivity index (χ2n) is 8.08. The molecule has 0 radical (unpaired) electrons. The number of aromatic nitrogens is 4. The molecule has 1 aliphatic rings. The summed E-state index contributed by atoms with van der Waals surface area (Å²) in [6.07, 6.45) is 4.23. The van der Waals surface area contributed by atoms with E-state index in [0.29, 0.717) is 34.1 Å². The van der Waals surface area contributed by atoms with E-state index in [1.807, 2.05) is 38.1 Å². The van der Waals surface area contributed by atoms with Crippen LogP contribution < -0.4 is 10.3 Å². The molecule has 7 nitrogen and oxygen atoms in total. The molecule has 0 amide bonds. The summed E-state index contributed by atoms with van der Waals surface area (Å²) in [5.74, 6) is 2.35. The number of ether oxygens (including phenoxy) is 1. The van der Waals surface area contributed by atoms with Crippen LogP contribution in [0.1, 0.15) is 54.8 Å². The quantitative estimate of drug-likeness (QED) is 0.286. The highest BCUT2D eigenvalue weighted by Crippen LogP contribution is 2.36. The van der Waals surface area contributed by atoms with Gasteiger partial charge in [0.2, 0.25) is 11.8 Å². The van der Waals surface area contributed by atoms with Crippen LogP contribution in [0.3, 0.4) is 0 Å². The van der Waals surface area contributed by atoms with Gasteiger partial charge in [0.15, 0.2) is 5.16 Å². The first kappa shape index (κ1) is 21.2. The van der Waals surface area contributed by atoms with Crippen molar-refractivity contribution in [2.75, 3.05) is 7.11 Å². The topological polar surface area (TPSA) is 83.0 Å². The van der Waals surface area contributed by atoms with Crippen molar-refractivity contribution in [1.82, 2.24) is 19.7 Å². The van der Waals surface area contributed by atoms with Crippen molar-refractivity contribution in [2.45, 2.75) is 56.4 Å². The van der Waals surface area contributed by atoms with Gasteiger partial charge >= 0.3 is 0 Å². The molecule has 9 heteroatoms. The summed E-state index contributed by atoms with van der Waals surface area (Å²) in [6.45, 7) is 4.02. The van der Waals surface area contributed by atoms with Gasteiger partial charge in [-0.3, -0.25) is 9.36 Å². The molecule has 0 spiro atoms. The van der Waals surface area contributed by atoms with E-state index in [1.54, 1.807) is 23.0 Å². The number of fused-ring (bicyclic) bond motifs is 3. The standard InChI is InChI=1S/C23H24N4O3S2/c1-13(2)20-26-25-18(30-20)12-31-23-24-21-19(14-8-4-7-11-17(14)32-21)22(28)27(23)15-9-5-6-10-16(15)29-3/h5-6,9-10,13H,4,7-8,11-12H2,1-3H3. The van der Waals surface area contributed by atoms with Crippen LogP contribution in [-0.4, -0.2) is 26.9 Å². The molecule has 0 saturated carbocycles. The third-order valence-electron chi connectivity index (χ3n) is 5.59. The zero-order chi connectivity index (χ0) is 22.2. The lowest BCUT2D eigenvalue weighted by Crippen LogP contribution is -2.22. The highest BCUT2D eigenvalue weighted by atomic mass is 32.2. The summed E-state index contributed by atoms with van der Waals surface area (Å²) in [6, 6.07) is 7.54. The zero-order valence-electron chi connectivity index (χ0n) is 18.3. The number of nitrogens with zero attached hydrogens (tertiary/aromatic N) is 4. The summed E-state index contributed by atoms with van der Waals surface area (Å²) in [7, 11) is 1.61. The number of thioether (sulfide) groups is 1. The number of benzene rings is 1. The normalized spacial score (nSPS) is 13.6. The van der Waals surface area contributed by atoms with Crippen LogP contribution in [-0.2, 0) is 18.6 Å². The molecule has 0 unspecified atom stereocenters. The molecule has 166 valence electrons. The molecule has 0 atom stereocenters. The van der Waals surface area contributed by atoms with Crippen molar-refractivity contribution < 1.29 is 9.15 Å². The molecule has 0 aliphatic heterocycles. The lowest BCUT2D eigenvalue weighted by Gasteiger charge is -2.15. The SMILES string of the molecule is COc1ccccc1-n1c(SCc2nnc(C(C)C)o2)nc2sc3c(c2c1=O)CCCC3. The van der Waals surface area contributed by atoms with Crippen molar-refractivity contribution in [3.05, 3.63) is 56.8 Å². The first-order valence-corrected chi connectivity index (χ1v) is 12.5. The summed E-state index contributed by atoms with van der Waals surface area (Å²) < 4.78 is 13.0. The van der Waals surface area contributed by atoms with Crippen molar-refractivity contribution in [2.24, 2.45) is 0 Å². The van der Waals surface area contributed by atoms with Crippen LogP contribution in [0.4, 0.5) is 0 Å². The van der Waals surface area contributed by atoms with E-state index in [4.69, 9.17) is 14.1 Å². The molecule has 0 saturated heterocycles. The van der Waals surface area contributed by atoms with Crippen molar-refractivity contribution in [1.29, 1.82) is 0 Å². The average molecular weight is 469 g/mol. The van der Waals surface area contributed by atoms with Gasteiger partial charge in [0, 0.05) is 10.8 Å². The molecule has 4 aromatic rings. The van der Waals surface area contributed by atoms with E-state index in [9.17, 15) is 4.79 Å². The monoisotopic (exact) mass is 468 g/mol. The summed E-state index contributed by atoms with van der Waals surface area (Å²) in [5.41, 5.74) is 1.81. The summed E-state index contributed by atoms with van der Waals surface area (Å²) >= 11 is 3.07. The lowest BCUT2D eigenvalue weighted by atomic mass is 9.97. The number of hydrogen-bond acceptors (Lipinski definition) is 8. The van der Waals surface area contributed by atoms with Crippen molar-refractivity contribution >= 4 is 33.3 Å². The van der Waals surface area contributed by atoms with Crippen molar-refractivity contribution in [3.63, 3.8) is 0 Å². The minimum Gasteiger partial charge on any atom is -0.495 e. The van der Waals surface area contributed by atoms with Crippen LogP contribution in [0.25, 0.3) is 15.9 Å². The van der Waals surface area contributed by atoms with Crippen molar-refractivity contribution in [3.8, 4) is 11.4 Å². The Morgan fingerprint density at radius 3 is 2.81 bits per heavy atom. The molecule has 1 aromatic carbocycles. The maximum Gasteiger partial charge on any atom is 0.267 e. The van der Waals surface area contributed by atoms with E-state index in [0.717, 1.165) is 35.9 Å². The fourth-order valence-corrected chi connectivity index (χ4v) is 6.14. The molecule has 1 aliphatic carbocycles. The van der Waals surface area contributed by atoms with Gasteiger partial charge in [0.25, 0.3) is 5.56 Å². The highest BCUT2D eigenvalue weighted by Gasteiger charge is 2.24. The Bertz CT molecular complexity index is 1340. The van der Waals surface area contributed by atoms with E-state index in [2.05, 4.69) is 10.2 Å². The Hall–Kier alpha value is -2.65. The second-order valence-corrected chi connectivity index (χ2v) is 10.1. The second kappa shape index (κ2) is 8.71. The zero-order valence-corrected chi connectivity index (χ0v) is 19.9. The van der Waals surface area contributed by atoms with Gasteiger partial charge in [-0.15, -0.1) is 21.5 Å². The van der Waals surface area contributed by atoms with E-state index >= 15 is 0 Å². The molecular formula is C23H24N4O3S2. The third-order valence-corrected chi connectivity index (χ3v) is 7.69. The minimum absolute atomic E-state index is 0.0465. The Kier molecular flexibility index (Phi) is 5.77. The van der Waals surface area contributed by atoms with Crippen LogP contribution in [0.5, 0.6) is 5.75 Å². The van der Waals surface area contributed by atoms with Crippen LogP contribution >= 0.6 is 23.1 Å². The molecule has 0 fully saturated rings. The number of thiophene rings is 1. The smallest absolute Gasteiger partial charge is 0.267 e. The number of aryl methyl sites for hydroxylation is 2. The van der Waals surface area contributed by atoms with Gasteiger partial charge in [-0.25, -0.2) is 4.98 Å². The Balaban J connectivity index is 1.65. The molecule has 3 heterocycles. The fraction of sp³-hybridized carbons (Fsp3) is 0.391. The van der Waals surface area contributed by atoms with Gasteiger partial charge < -0.3 is 9.15 Å². The fourth-order valence-electron chi connectivity index (χ4n) is 3.99. The van der Waals surface area contributed by atoms with Gasteiger partial charge in [0.1, 0.15) is 10.6 Å². The molecular weight excluding hydrogens is 444 g/mol. The highest BCUT2D eigenvalue weighted by molar-refractivity contribution is 7.98. The average Bonchev–Trinajstić information content (AvgIpc) is 3.42. The minimum atomic E-state index is -0.0465. The van der Waals surface area contributed by atoms with Crippen LogP contribution in [0.15, 0.2) is 38.6 Å². The molecule has 0 bridgehead atoms. The predicted molar refractivity (Wildman–Crippen MR) is 126 cm³/mol. The molecule has 5 rings (SSSR count).